The normalized spacial score (nSPS) is 16.3. The van der Waals surface area contributed by atoms with Crippen LogP contribution in [0.5, 0.6) is 0 Å². The molecular formula is C11H18IN3O2. The van der Waals surface area contributed by atoms with Crippen molar-refractivity contribution in [3.8, 4) is 0 Å². The molecule has 0 aliphatic heterocycles. The predicted molar refractivity (Wildman–Crippen MR) is 73.8 cm³/mol. The van der Waals surface area contributed by atoms with Crippen LogP contribution >= 0.6 is 22.6 Å². The lowest BCUT2D eigenvalue weighted by Crippen LogP contribution is -2.49. The minimum Gasteiger partial charge on any atom is -0.468 e. The fraction of sp³-hybridized carbons (Fsp3) is 0.636. The maximum Gasteiger partial charge on any atom is 0.325 e. The van der Waals surface area contributed by atoms with Gasteiger partial charge in [0, 0.05) is 6.20 Å². The third-order valence-corrected chi connectivity index (χ3v) is 3.47. The quantitative estimate of drug-likeness (QED) is 0.647. The zero-order valence-corrected chi connectivity index (χ0v) is 12.7. The summed E-state index contributed by atoms with van der Waals surface area (Å²) >= 11 is 2.21. The van der Waals surface area contributed by atoms with Gasteiger partial charge < -0.3 is 10.1 Å². The number of esters is 1. The van der Waals surface area contributed by atoms with Gasteiger partial charge in [-0.1, -0.05) is 0 Å². The number of rotatable bonds is 5. The molecule has 2 unspecified atom stereocenters. The summed E-state index contributed by atoms with van der Waals surface area (Å²) in [5, 5.41) is 7.27. The molecule has 6 heteroatoms. The van der Waals surface area contributed by atoms with Crippen molar-refractivity contribution in [1.82, 2.24) is 15.1 Å². The van der Waals surface area contributed by atoms with Crippen molar-refractivity contribution in [2.24, 2.45) is 0 Å². The van der Waals surface area contributed by atoms with E-state index in [1.165, 1.54) is 7.11 Å². The smallest absolute Gasteiger partial charge is 0.325 e. The van der Waals surface area contributed by atoms with Crippen LogP contribution < -0.4 is 5.32 Å². The summed E-state index contributed by atoms with van der Waals surface area (Å²) in [6.07, 6.45) is 4.37. The number of ether oxygens (including phenoxy) is 1. The molecule has 0 saturated heterocycles. The summed E-state index contributed by atoms with van der Waals surface area (Å²) in [6, 6.07) is 0.120. The lowest BCUT2D eigenvalue weighted by atomic mass is 9.94. The summed E-state index contributed by atoms with van der Waals surface area (Å²) in [7, 11) is 3.16. The average molecular weight is 351 g/mol. The lowest BCUT2D eigenvalue weighted by Gasteiger charge is -2.29. The molecule has 0 saturated carbocycles. The molecule has 0 bridgehead atoms. The summed E-state index contributed by atoms with van der Waals surface area (Å²) < 4.78 is 7.76. The van der Waals surface area contributed by atoms with Crippen LogP contribution in [-0.2, 0) is 9.53 Å². The van der Waals surface area contributed by atoms with E-state index in [0.29, 0.717) is 6.42 Å². The van der Waals surface area contributed by atoms with Gasteiger partial charge >= 0.3 is 5.97 Å². The number of nitrogens with one attached hydrogen (secondary N) is 1. The Labute approximate surface area is 115 Å². The van der Waals surface area contributed by atoms with Crippen LogP contribution in [0.3, 0.4) is 0 Å². The van der Waals surface area contributed by atoms with E-state index in [-0.39, 0.29) is 12.0 Å². The molecule has 17 heavy (non-hydrogen) atoms. The molecule has 5 nitrogen and oxygen atoms in total. The molecule has 0 spiro atoms. The first-order valence-electron chi connectivity index (χ1n) is 5.40. The summed E-state index contributed by atoms with van der Waals surface area (Å²) in [4.78, 5) is 11.7. The average Bonchev–Trinajstić information content (AvgIpc) is 2.74. The van der Waals surface area contributed by atoms with Crippen molar-refractivity contribution in [2.75, 3.05) is 14.2 Å². The van der Waals surface area contributed by atoms with E-state index in [2.05, 4.69) is 33.0 Å². The fourth-order valence-electron chi connectivity index (χ4n) is 1.75. The van der Waals surface area contributed by atoms with Gasteiger partial charge in [-0.05, 0) is 49.9 Å². The molecular weight excluding hydrogens is 333 g/mol. The lowest BCUT2D eigenvalue weighted by molar-refractivity contribution is -0.148. The van der Waals surface area contributed by atoms with Gasteiger partial charge in [-0.3, -0.25) is 9.48 Å². The Kier molecular flexibility index (Phi) is 4.93. The molecule has 96 valence electrons. The highest BCUT2D eigenvalue weighted by Gasteiger charge is 2.34. The van der Waals surface area contributed by atoms with Crippen LogP contribution in [0, 0.1) is 3.57 Å². The minimum atomic E-state index is -0.689. The van der Waals surface area contributed by atoms with Crippen LogP contribution in [0.1, 0.15) is 26.3 Å². The molecule has 1 aromatic heterocycles. The Bertz CT molecular complexity index is 394. The molecule has 1 rings (SSSR count). The molecule has 2 atom stereocenters. The number of carbonyl (C=O) groups excluding carboxylic acids is 1. The van der Waals surface area contributed by atoms with Gasteiger partial charge in [0.05, 0.1) is 22.9 Å². The van der Waals surface area contributed by atoms with Crippen molar-refractivity contribution < 1.29 is 9.53 Å². The van der Waals surface area contributed by atoms with Gasteiger partial charge in [-0.15, -0.1) is 0 Å². The fourth-order valence-corrected chi connectivity index (χ4v) is 2.16. The van der Waals surface area contributed by atoms with Crippen molar-refractivity contribution in [1.29, 1.82) is 0 Å². The van der Waals surface area contributed by atoms with Gasteiger partial charge in [-0.25, -0.2) is 0 Å². The molecule has 0 aromatic carbocycles. The topological polar surface area (TPSA) is 56.2 Å². The van der Waals surface area contributed by atoms with E-state index in [0.717, 1.165) is 3.57 Å². The maximum atomic E-state index is 11.7. The second-order valence-corrected chi connectivity index (χ2v) is 5.51. The van der Waals surface area contributed by atoms with E-state index in [4.69, 9.17) is 4.74 Å². The van der Waals surface area contributed by atoms with Crippen LogP contribution in [0.4, 0.5) is 0 Å². The Balaban J connectivity index is 2.78. The molecule has 0 fully saturated rings. The molecule has 0 aliphatic rings. The summed E-state index contributed by atoms with van der Waals surface area (Å²) in [5.41, 5.74) is -0.689. The molecule has 1 aromatic rings. The van der Waals surface area contributed by atoms with Crippen LogP contribution in [0.2, 0.25) is 0 Å². The van der Waals surface area contributed by atoms with E-state index in [1.807, 2.05) is 24.7 Å². The SMILES string of the molecule is CNC(C)(CC(C)n1cc(I)cn1)C(=O)OC. The molecule has 0 aliphatic carbocycles. The number of methoxy groups -OCH3 is 1. The van der Waals surface area contributed by atoms with Gasteiger partial charge in [-0.2, -0.15) is 5.10 Å². The number of likely N-dealkylation sites (N-methyl/N-ethyl adjacent to an activating group) is 1. The van der Waals surface area contributed by atoms with Crippen LogP contribution in [0.15, 0.2) is 12.4 Å². The number of nitrogens with zero attached hydrogens (tertiary/aromatic N) is 2. The highest BCUT2D eigenvalue weighted by Crippen LogP contribution is 2.22. The Morgan fingerprint density at radius 1 is 1.76 bits per heavy atom. The first kappa shape index (κ1) is 14.4. The minimum absolute atomic E-state index is 0.120. The molecule has 0 radical (unpaired) electrons. The van der Waals surface area contributed by atoms with E-state index in [9.17, 15) is 4.79 Å². The van der Waals surface area contributed by atoms with E-state index >= 15 is 0 Å². The number of halogens is 1. The second kappa shape index (κ2) is 5.81. The van der Waals surface area contributed by atoms with E-state index in [1.54, 1.807) is 13.2 Å². The van der Waals surface area contributed by atoms with Gasteiger partial charge in [0.1, 0.15) is 5.54 Å². The van der Waals surface area contributed by atoms with Crippen molar-refractivity contribution in [2.45, 2.75) is 31.8 Å². The zero-order valence-electron chi connectivity index (χ0n) is 10.5. The summed E-state index contributed by atoms with van der Waals surface area (Å²) in [6.45, 7) is 3.87. The van der Waals surface area contributed by atoms with Gasteiger partial charge in [0.2, 0.25) is 0 Å². The number of hydrogen-bond donors (Lipinski definition) is 1. The molecule has 1 heterocycles. The highest BCUT2D eigenvalue weighted by molar-refractivity contribution is 14.1. The Morgan fingerprint density at radius 2 is 2.41 bits per heavy atom. The van der Waals surface area contributed by atoms with Crippen molar-refractivity contribution in [3.63, 3.8) is 0 Å². The number of carbonyl (C=O) groups is 1. The predicted octanol–water partition coefficient (Wildman–Crippen LogP) is 1.59. The number of hydrogen-bond acceptors (Lipinski definition) is 4. The highest BCUT2D eigenvalue weighted by atomic mass is 127. The Hall–Kier alpha value is -0.630. The monoisotopic (exact) mass is 351 g/mol. The Morgan fingerprint density at radius 3 is 2.82 bits per heavy atom. The van der Waals surface area contributed by atoms with Crippen molar-refractivity contribution in [3.05, 3.63) is 16.0 Å². The molecule has 1 N–H and O–H groups in total. The first-order valence-corrected chi connectivity index (χ1v) is 6.48. The number of aromatic nitrogens is 2. The molecule has 0 amide bonds. The van der Waals surface area contributed by atoms with Crippen molar-refractivity contribution >= 4 is 28.6 Å². The van der Waals surface area contributed by atoms with Crippen LogP contribution in [0.25, 0.3) is 0 Å². The zero-order chi connectivity index (χ0) is 13.1. The third-order valence-electron chi connectivity index (χ3n) is 2.91. The van der Waals surface area contributed by atoms with Gasteiger partial charge in [0.25, 0.3) is 0 Å². The second-order valence-electron chi connectivity index (χ2n) is 4.27. The largest absolute Gasteiger partial charge is 0.468 e. The first-order chi connectivity index (χ1) is 7.92. The standard InChI is InChI=1S/C11H18IN3O2/c1-8(15-7-9(12)6-14-15)5-11(2,13-3)10(16)17-4/h6-8,13H,5H2,1-4H3. The third kappa shape index (κ3) is 3.41. The summed E-state index contributed by atoms with van der Waals surface area (Å²) in [5.74, 6) is -0.256. The van der Waals surface area contributed by atoms with E-state index < -0.39 is 5.54 Å². The maximum absolute atomic E-state index is 11.7. The van der Waals surface area contributed by atoms with Crippen LogP contribution in [-0.4, -0.2) is 35.4 Å². The van der Waals surface area contributed by atoms with Gasteiger partial charge in [0.15, 0.2) is 0 Å².